The Morgan fingerprint density at radius 2 is 1.94 bits per heavy atom. The number of Topliss-reactive ketones (excluding diaryl/α,β-unsaturated/α-hetero) is 1. The van der Waals surface area contributed by atoms with Gasteiger partial charge in [0.1, 0.15) is 5.75 Å². The molecule has 0 atom stereocenters. The van der Waals surface area contributed by atoms with Gasteiger partial charge in [-0.3, -0.25) is 4.79 Å². The lowest BCUT2D eigenvalue weighted by atomic mass is 9.98. The number of rotatable bonds is 4. The highest BCUT2D eigenvalue weighted by Crippen LogP contribution is 2.29. The Kier molecular flexibility index (Phi) is 3.43. The van der Waals surface area contributed by atoms with Crippen molar-refractivity contribution in [3.63, 3.8) is 0 Å². The summed E-state index contributed by atoms with van der Waals surface area (Å²) in [6.07, 6.45) is 1.41. The second-order valence-electron chi connectivity index (χ2n) is 4.04. The molecule has 0 aromatic heterocycles. The van der Waals surface area contributed by atoms with Crippen LogP contribution >= 0.6 is 0 Å². The zero-order chi connectivity index (χ0) is 12.3. The smallest absolute Gasteiger partial charge is 0.167 e. The van der Waals surface area contributed by atoms with Crippen LogP contribution < -0.4 is 4.74 Å². The molecule has 0 bridgehead atoms. The molecule has 2 heteroatoms. The number of hydrogen-bond acceptors (Lipinski definition) is 2. The Labute approximate surface area is 101 Å². The van der Waals surface area contributed by atoms with Gasteiger partial charge in [-0.05, 0) is 23.3 Å². The molecule has 0 unspecified atom stereocenters. The maximum atomic E-state index is 12.2. The summed E-state index contributed by atoms with van der Waals surface area (Å²) in [6.45, 7) is 2.01. The molecule has 2 aromatic carbocycles. The zero-order valence-corrected chi connectivity index (χ0v) is 10.2. The van der Waals surface area contributed by atoms with Crippen molar-refractivity contribution in [3.8, 4) is 5.75 Å². The lowest BCUT2D eigenvalue weighted by molar-refractivity contribution is 0.0980. The number of fused-ring (bicyclic) bond motifs is 1. The predicted molar refractivity (Wildman–Crippen MR) is 69.7 cm³/mol. The van der Waals surface area contributed by atoms with Crippen LogP contribution in [0, 0.1) is 0 Å². The minimum atomic E-state index is 0.154. The van der Waals surface area contributed by atoms with Crippen molar-refractivity contribution in [2.75, 3.05) is 7.11 Å². The van der Waals surface area contributed by atoms with Gasteiger partial charge in [-0.25, -0.2) is 0 Å². The van der Waals surface area contributed by atoms with Crippen LogP contribution in [0.1, 0.15) is 30.1 Å². The van der Waals surface area contributed by atoms with Gasteiger partial charge in [-0.15, -0.1) is 0 Å². The van der Waals surface area contributed by atoms with Crippen molar-refractivity contribution < 1.29 is 9.53 Å². The lowest BCUT2D eigenvalue weighted by Crippen LogP contribution is -2.02. The predicted octanol–water partition coefficient (Wildman–Crippen LogP) is 3.83. The van der Waals surface area contributed by atoms with Crippen LogP contribution in [0.15, 0.2) is 36.4 Å². The molecule has 2 aromatic rings. The molecule has 0 saturated carbocycles. The van der Waals surface area contributed by atoms with Crippen molar-refractivity contribution in [1.82, 2.24) is 0 Å². The minimum absolute atomic E-state index is 0.154. The van der Waals surface area contributed by atoms with Crippen molar-refractivity contribution in [3.05, 3.63) is 42.0 Å². The molecule has 0 fully saturated rings. The van der Waals surface area contributed by atoms with E-state index in [1.54, 1.807) is 7.11 Å². The summed E-state index contributed by atoms with van der Waals surface area (Å²) in [4.78, 5) is 12.2. The summed E-state index contributed by atoms with van der Waals surface area (Å²) < 4.78 is 5.30. The minimum Gasteiger partial charge on any atom is -0.496 e. The second-order valence-corrected chi connectivity index (χ2v) is 4.04. The molecule has 0 aliphatic carbocycles. The fourth-order valence-electron chi connectivity index (χ4n) is 2.06. The first-order valence-corrected chi connectivity index (χ1v) is 5.87. The van der Waals surface area contributed by atoms with Crippen molar-refractivity contribution in [2.24, 2.45) is 0 Å². The Hall–Kier alpha value is -1.83. The van der Waals surface area contributed by atoms with E-state index in [2.05, 4.69) is 0 Å². The van der Waals surface area contributed by atoms with Gasteiger partial charge >= 0.3 is 0 Å². The summed E-state index contributed by atoms with van der Waals surface area (Å²) in [7, 11) is 1.60. The van der Waals surface area contributed by atoms with E-state index >= 15 is 0 Å². The van der Waals surface area contributed by atoms with E-state index in [-0.39, 0.29) is 5.78 Å². The Morgan fingerprint density at radius 3 is 2.65 bits per heavy atom. The molecule has 0 amide bonds. The van der Waals surface area contributed by atoms with Gasteiger partial charge in [-0.1, -0.05) is 37.3 Å². The third-order valence-electron chi connectivity index (χ3n) is 2.87. The summed E-state index contributed by atoms with van der Waals surface area (Å²) in [6, 6.07) is 11.8. The molecule has 0 N–H and O–H groups in total. The largest absolute Gasteiger partial charge is 0.496 e. The summed E-state index contributed by atoms with van der Waals surface area (Å²) in [5.74, 6) is 0.823. The summed E-state index contributed by atoms with van der Waals surface area (Å²) >= 11 is 0. The van der Waals surface area contributed by atoms with Crippen LogP contribution in [0.3, 0.4) is 0 Å². The van der Waals surface area contributed by atoms with Gasteiger partial charge in [0.05, 0.1) is 12.7 Å². The van der Waals surface area contributed by atoms with E-state index in [0.29, 0.717) is 17.7 Å². The highest BCUT2D eigenvalue weighted by molar-refractivity contribution is 6.10. The zero-order valence-electron chi connectivity index (χ0n) is 10.2. The fraction of sp³-hybridized carbons (Fsp3) is 0.267. The summed E-state index contributed by atoms with van der Waals surface area (Å²) in [5, 5.41) is 2.05. The monoisotopic (exact) mass is 228 g/mol. The van der Waals surface area contributed by atoms with Gasteiger partial charge in [0.2, 0.25) is 0 Å². The van der Waals surface area contributed by atoms with Gasteiger partial charge in [0.15, 0.2) is 5.78 Å². The van der Waals surface area contributed by atoms with E-state index < -0.39 is 0 Å². The molecule has 0 heterocycles. The van der Waals surface area contributed by atoms with Gasteiger partial charge < -0.3 is 4.74 Å². The Bertz CT molecular complexity index is 544. The Morgan fingerprint density at radius 1 is 1.18 bits per heavy atom. The number of hydrogen-bond donors (Lipinski definition) is 0. The number of benzene rings is 2. The van der Waals surface area contributed by atoms with Crippen LogP contribution in [-0.2, 0) is 0 Å². The normalized spacial score (nSPS) is 10.5. The SMILES string of the molecule is CCCC(=O)c1c(OC)ccc2ccccc12. The van der Waals surface area contributed by atoms with Gasteiger partial charge in [-0.2, -0.15) is 0 Å². The maximum Gasteiger partial charge on any atom is 0.167 e. The average Bonchev–Trinajstić information content (AvgIpc) is 2.37. The number of methoxy groups -OCH3 is 1. The van der Waals surface area contributed by atoms with E-state index in [4.69, 9.17) is 4.74 Å². The number of ether oxygens (including phenoxy) is 1. The average molecular weight is 228 g/mol. The fourth-order valence-corrected chi connectivity index (χ4v) is 2.06. The molecular weight excluding hydrogens is 212 g/mol. The highest BCUT2D eigenvalue weighted by Gasteiger charge is 2.14. The molecule has 0 radical (unpaired) electrons. The quantitative estimate of drug-likeness (QED) is 0.743. The standard InChI is InChI=1S/C15H16O2/c1-3-6-13(16)15-12-8-5-4-7-11(12)9-10-14(15)17-2/h4-5,7-10H,3,6H2,1-2H3. The lowest BCUT2D eigenvalue weighted by Gasteiger charge is -2.10. The molecule has 0 aliphatic rings. The van der Waals surface area contributed by atoms with Crippen molar-refractivity contribution in [1.29, 1.82) is 0 Å². The van der Waals surface area contributed by atoms with Gasteiger partial charge in [0.25, 0.3) is 0 Å². The number of carbonyl (C=O) groups is 1. The Balaban J connectivity index is 2.67. The van der Waals surface area contributed by atoms with Crippen LogP contribution in [0.4, 0.5) is 0 Å². The molecule has 17 heavy (non-hydrogen) atoms. The number of carbonyl (C=O) groups excluding carboxylic acids is 1. The van der Waals surface area contributed by atoms with Crippen LogP contribution in [-0.4, -0.2) is 12.9 Å². The maximum absolute atomic E-state index is 12.2. The molecule has 0 spiro atoms. The van der Waals surface area contributed by atoms with Crippen LogP contribution in [0.5, 0.6) is 5.75 Å². The first kappa shape index (κ1) is 11.6. The van der Waals surface area contributed by atoms with E-state index in [9.17, 15) is 4.79 Å². The van der Waals surface area contributed by atoms with E-state index in [1.165, 1.54) is 0 Å². The highest BCUT2D eigenvalue weighted by atomic mass is 16.5. The van der Waals surface area contributed by atoms with Crippen LogP contribution in [0.2, 0.25) is 0 Å². The van der Waals surface area contributed by atoms with Crippen LogP contribution in [0.25, 0.3) is 10.8 Å². The first-order valence-electron chi connectivity index (χ1n) is 5.87. The first-order chi connectivity index (χ1) is 8.27. The topological polar surface area (TPSA) is 26.3 Å². The molecule has 0 aliphatic heterocycles. The third-order valence-corrected chi connectivity index (χ3v) is 2.87. The molecular formula is C15H16O2. The molecule has 2 rings (SSSR count). The second kappa shape index (κ2) is 5.00. The number of ketones is 1. The van der Waals surface area contributed by atoms with Crippen molar-refractivity contribution >= 4 is 16.6 Å². The van der Waals surface area contributed by atoms with E-state index in [0.717, 1.165) is 17.2 Å². The molecule has 88 valence electrons. The molecule has 2 nitrogen and oxygen atoms in total. The third kappa shape index (κ3) is 2.16. The van der Waals surface area contributed by atoms with Gasteiger partial charge in [0, 0.05) is 6.42 Å². The van der Waals surface area contributed by atoms with E-state index in [1.807, 2.05) is 43.3 Å². The molecule has 0 saturated heterocycles. The summed E-state index contributed by atoms with van der Waals surface area (Å²) in [5.41, 5.74) is 0.715. The van der Waals surface area contributed by atoms with Crippen molar-refractivity contribution in [2.45, 2.75) is 19.8 Å².